The highest BCUT2D eigenvalue weighted by Gasteiger charge is 2.17. The molecule has 0 saturated carbocycles. The molecule has 1 aliphatic heterocycles. The molecule has 2 N–H and O–H groups in total. The van der Waals surface area contributed by atoms with Crippen molar-refractivity contribution in [2.24, 2.45) is 0 Å². The van der Waals surface area contributed by atoms with E-state index in [1.807, 2.05) is 6.92 Å². The molecule has 1 saturated heterocycles. The van der Waals surface area contributed by atoms with E-state index in [9.17, 15) is 0 Å². The molecule has 0 aromatic rings. The SMILES string of the molecule is C[C@H](O)[C@H]1CCCN1.Cl. The predicted octanol–water partition coefficient (Wildman–Crippen LogP) is 0.541. The Kier molecular flexibility index (Phi) is 4.19. The molecule has 56 valence electrons. The van der Waals surface area contributed by atoms with Crippen molar-refractivity contribution < 1.29 is 5.11 Å². The lowest BCUT2D eigenvalue weighted by Gasteiger charge is -2.11. The van der Waals surface area contributed by atoms with Gasteiger partial charge in [-0.25, -0.2) is 0 Å². The summed E-state index contributed by atoms with van der Waals surface area (Å²) < 4.78 is 0. The minimum absolute atomic E-state index is 0. The monoisotopic (exact) mass is 151 g/mol. The van der Waals surface area contributed by atoms with E-state index in [0.717, 1.165) is 13.0 Å². The molecule has 1 fully saturated rings. The molecule has 1 aliphatic rings. The fourth-order valence-electron chi connectivity index (χ4n) is 1.12. The standard InChI is InChI=1S/C6H13NO.ClH/c1-5(8)6-3-2-4-7-6;/h5-8H,2-4H2,1H3;1H/t5-,6+;/m0./s1. The van der Waals surface area contributed by atoms with E-state index in [1.54, 1.807) is 0 Å². The first kappa shape index (κ1) is 9.21. The highest BCUT2D eigenvalue weighted by molar-refractivity contribution is 5.85. The van der Waals surface area contributed by atoms with E-state index in [-0.39, 0.29) is 18.5 Å². The van der Waals surface area contributed by atoms with Crippen LogP contribution in [0.15, 0.2) is 0 Å². The molecule has 9 heavy (non-hydrogen) atoms. The van der Waals surface area contributed by atoms with Crippen molar-refractivity contribution in [1.82, 2.24) is 5.32 Å². The first-order chi connectivity index (χ1) is 3.80. The molecule has 1 heterocycles. The van der Waals surface area contributed by atoms with Gasteiger partial charge in [0.1, 0.15) is 0 Å². The highest BCUT2D eigenvalue weighted by atomic mass is 35.5. The highest BCUT2D eigenvalue weighted by Crippen LogP contribution is 2.07. The normalized spacial score (nSPS) is 29.3. The zero-order chi connectivity index (χ0) is 5.98. The van der Waals surface area contributed by atoms with Gasteiger partial charge in [0.25, 0.3) is 0 Å². The molecule has 0 aromatic carbocycles. The Hall–Kier alpha value is 0.210. The third-order valence-electron chi connectivity index (χ3n) is 1.68. The summed E-state index contributed by atoms with van der Waals surface area (Å²) in [5.41, 5.74) is 0. The molecular weight excluding hydrogens is 138 g/mol. The average molecular weight is 152 g/mol. The number of aliphatic hydroxyl groups excluding tert-OH is 1. The second-order valence-corrected chi connectivity index (χ2v) is 2.44. The molecule has 0 aromatic heterocycles. The zero-order valence-electron chi connectivity index (χ0n) is 5.63. The molecule has 0 radical (unpaired) electrons. The van der Waals surface area contributed by atoms with E-state index >= 15 is 0 Å². The summed E-state index contributed by atoms with van der Waals surface area (Å²) in [4.78, 5) is 0. The van der Waals surface area contributed by atoms with Crippen LogP contribution in [0, 0.1) is 0 Å². The van der Waals surface area contributed by atoms with E-state index in [1.165, 1.54) is 6.42 Å². The van der Waals surface area contributed by atoms with Crippen molar-refractivity contribution in [3.63, 3.8) is 0 Å². The van der Waals surface area contributed by atoms with Crippen LogP contribution in [0.25, 0.3) is 0 Å². The number of hydrogen-bond acceptors (Lipinski definition) is 2. The molecule has 0 unspecified atom stereocenters. The van der Waals surface area contributed by atoms with Crippen molar-refractivity contribution in [3.8, 4) is 0 Å². The van der Waals surface area contributed by atoms with Gasteiger partial charge in [0.2, 0.25) is 0 Å². The lowest BCUT2D eigenvalue weighted by molar-refractivity contribution is 0.154. The maximum absolute atomic E-state index is 8.99. The Morgan fingerprint density at radius 2 is 2.33 bits per heavy atom. The second-order valence-electron chi connectivity index (χ2n) is 2.44. The Labute approximate surface area is 62.1 Å². The van der Waals surface area contributed by atoms with Crippen LogP contribution in [0.2, 0.25) is 0 Å². The maximum Gasteiger partial charge on any atom is 0.0665 e. The molecule has 1 rings (SSSR count). The van der Waals surface area contributed by atoms with Gasteiger partial charge < -0.3 is 10.4 Å². The van der Waals surface area contributed by atoms with E-state index in [0.29, 0.717) is 6.04 Å². The third kappa shape index (κ3) is 2.52. The van der Waals surface area contributed by atoms with Gasteiger partial charge in [0.15, 0.2) is 0 Å². The first-order valence-electron chi connectivity index (χ1n) is 3.22. The fraction of sp³-hybridized carbons (Fsp3) is 1.00. The van der Waals surface area contributed by atoms with Crippen molar-refractivity contribution in [1.29, 1.82) is 0 Å². The summed E-state index contributed by atoms with van der Waals surface area (Å²) >= 11 is 0. The molecule has 0 bridgehead atoms. The molecule has 0 spiro atoms. The number of rotatable bonds is 1. The smallest absolute Gasteiger partial charge is 0.0665 e. The Balaban J connectivity index is 0.000000640. The van der Waals surface area contributed by atoms with Crippen molar-refractivity contribution >= 4 is 12.4 Å². The van der Waals surface area contributed by atoms with Crippen LogP contribution in [0.3, 0.4) is 0 Å². The summed E-state index contributed by atoms with van der Waals surface area (Å²) in [6, 6.07) is 0.370. The number of hydrogen-bond donors (Lipinski definition) is 2. The molecule has 2 nitrogen and oxygen atoms in total. The van der Waals surface area contributed by atoms with Crippen LogP contribution in [0.4, 0.5) is 0 Å². The van der Waals surface area contributed by atoms with Crippen LogP contribution in [0.1, 0.15) is 19.8 Å². The fourth-order valence-corrected chi connectivity index (χ4v) is 1.12. The van der Waals surface area contributed by atoms with Gasteiger partial charge in [-0.05, 0) is 26.3 Å². The largest absolute Gasteiger partial charge is 0.392 e. The van der Waals surface area contributed by atoms with Gasteiger partial charge in [-0.3, -0.25) is 0 Å². The van der Waals surface area contributed by atoms with Gasteiger partial charge in [-0.15, -0.1) is 12.4 Å². The van der Waals surface area contributed by atoms with Gasteiger partial charge in [-0.2, -0.15) is 0 Å². The van der Waals surface area contributed by atoms with Crippen molar-refractivity contribution in [3.05, 3.63) is 0 Å². The predicted molar refractivity (Wildman–Crippen MR) is 40.0 cm³/mol. The molecule has 0 amide bonds. The lowest BCUT2D eigenvalue weighted by Crippen LogP contribution is -2.32. The van der Waals surface area contributed by atoms with Crippen LogP contribution < -0.4 is 5.32 Å². The van der Waals surface area contributed by atoms with Crippen LogP contribution >= 0.6 is 12.4 Å². The third-order valence-corrected chi connectivity index (χ3v) is 1.68. The van der Waals surface area contributed by atoms with E-state index in [2.05, 4.69) is 5.32 Å². The summed E-state index contributed by atoms with van der Waals surface area (Å²) in [6.07, 6.45) is 2.19. The van der Waals surface area contributed by atoms with Gasteiger partial charge >= 0.3 is 0 Å². The zero-order valence-corrected chi connectivity index (χ0v) is 6.45. The first-order valence-corrected chi connectivity index (χ1v) is 3.22. The van der Waals surface area contributed by atoms with E-state index < -0.39 is 0 Å². The average Bonchev–Trinajstić information content (AvgIpc) is 2.12. The van der Waals surface area contributed by atoms with Gasteiger partial charge in [0, 0.05) is 6.04 Å². The molecular formula is C6H14ClNO. The lowest BCUT2D eigenvalue weighted by atomic mass is 10.1. The maximum atomic E-state index is 8.99. The van der Waals surface area contributed by atoms with Crippen LogP contribution in [-0.4, -0.2) is 23.8 Å². The van der Waals surface area contributed by atoms with Crippen LogP contribution in [0.5, 0.6) is 0 Å². The molecule has 3 heteroatoms. The van der Waals surface area contributed by atoms with Crippen LogP contribution in [-0.2, 0) is 0 Å². The van der Waals surface area contributed by atoms with E-state index in [4.69, 9.17) is 5.11 Å². The molecule has 0 aliphatic carbocycles. The number of aliphatic hydroxyl groups is 1. The van der Waals surface area contributed by atoms with Crippen molar-refractivity contribution in [2.75, 3.05) is 6.54 Å². The number of nitrogens with one attached hydrogen (secondary N) is 1. The van der Waals surface area contributed by atoms with Gasteiger partial charge in [-0.1, -0.05) is 0 Å². The minimum Gasteiger partial charge on any atom is -0.392 e. The Morgan fingerprint density at radius 1 is 1.67 bits per heavy atom. The minimum atomic E-state index is -0.169. The summed E-state index contributed by atoms with van der Waals surface area (Å²) in [5, 5.41) is 12.2. The topological polar surface area (TPSA) is 32.3 Å². The number of halogens is 1. The summed E-state index contributed by atoms with van der Waals surface area (Å²) in [7, 11) is 0. The summed E-state index contributed by atoms with van der Waals surface area (Å²) in [6.45, 7) is 2.92. The Bertz CT molecular complexity index is 71.5. The second kappa shape index (κ2) is 4.09. The quantitative estimate of drug-likeness (QED) is 0.574. The Morgan fingerprint density at radius 3 is 2.56 bits per heavy atom. The van der Waals surface area contributed by atoms with Gasteiger partial charge in [0.05, 0.1) is 6.10 Å². The van der Waals surface area contributed by atoms with Crippen molar-refractivity contribution in [2.45, 2.75) is 31.9 Å². The summed E-state index contributed by atoms with van der Waals surface area (Å²) in [5.74, 6) is 0. The molecule has 2 atom stereocenters.